The summed E-state index contributed by atoms with van der Waals surface area (Å²) in [5.74, 6) is -0.192. The highest BCUT2D eigenvalue weighted by Gasteiger charge is 2.20. The number of rotatable bonds is 6. The fraction of sp³-hybridized carbons (Fsp3) is 0.350. The van der Waals surface area contributed by atoms with Crippen molar-refractivity contribution in [2.45, 2.75) is 32.0 Å². The summed E-state index contributed by atoms with van der Waals surface area (Å²) in [6.07, 6.45) is 6.52. The molecule has 0 bridgehead atoms. The number of aromatic nitrogens is 2. The number of imidazole rings is 1. The van der Waals surface area contributed by atoms with Crippen LogP contribution in [-0.4, -0.2) is 33.5 Å². The molecule has 3 heterocycles. The van der Waals surface area contributed by atoms with Gasteiger partial charge in [-0.2, -0.15) is 0 Å². The lowest BCUT2D eigenvalue weighted by Crippen LogP contribution is -2.31. The van der Waals surface area contributed by atoms with Crippen molar-refractivity contribution in [1.29, 1.82) is 0 Å². The Kier molecular flexibility index (Phi) is 4.76. The summed E-state index contributed by atoms with van der Waals surface area (Å²) < 4.78 is 21.4. The van der Waals surface area contributed by atoms with E-state index >= 15 is 0 Å². The largest absolute Gasteiger partial charge is 0.377 e. The maximum absolute atomic E-state index is 13.5. The minimum absolute atomic E-state index is 0.192. The predicted molar refractivity (Wildman–Crippen MR) is 94.7 cm³/mol. The van der Waals surface area contributed by atoms with E-state index in [0.717, 1.165) is 49.4 Å². The third-order valence-electron chi connectivity index (χ3n) is 4.58. The zero-order chi connectivity index (χ0) is 17.1. The summed E-state index contributed by atoms with van der Waals surface area (Å²) in [5.41, 5.74) is 2.93. The van der Waals surface area contributed by atoms with Gasteiger partial charge in [-0.3, -0.25) is 4.90 Å². The molecular formula is C20H22FN3O. The van der Waals surface area contributed by atoms with E-state index in [1.54, 1.807) is 12.1 Å². The Morgan fingerprint density at radius 2 is 2.16 bits per heavy atom. The van der Waals surface area contributed by atoms with Crippen LogP contribution in [0.5, 0.6) is 0 Å². The van der Waals surface area contributed by atoms with E-state index < -0.39 is 0 Å². The second-order valence-corrected chi connectivity index (χ2v) is 6.63. The Balaban J connectivity index is 1.53. The molecule has 0 N–H and O–H groups in total. The number of halogens is 1. The Morgan fingerprint density at radius 3 is 2.96 bits per heavy atom. The molecule has 1 unspecified atom stereocenters. The Morgan fingerprint density at radius 1 is 1.20 bits per heavy atom. The molecule has 0 spiro atoms. The summed E-state index contributed by atoms with van der Waals surface area (Å²) in [6.45, 7) is 3.08. The van der Waals surface area contributed by atoms with Crippen LogP contribution in [0.25, 0.3) is 5.65 Å². The van der Waals surface area contributed by atoms with Crippen LogP contribution >= 0.6 is 0 Å². The van der Waals surface area contributed by atoms with Crippen LogP contribution in [0.2, 0.25) is 0 Å². The first-order chi connectivity index (χ1) is 12.3. The van der Waals surface area contributed by atoms with E-state index in [1.807, 2.05) is 34.9 Å². The lowest BCUT2D eigenvalue weighted by molar-refractivity contribution is 0.0675. The first-order valence-corrected chi connectivity index (χ1v) is 8.77. The fourth-order valence-corrected chi connectivity index (χ4v) is 3.45. The Labute approximate surface area is 146 Å². The number of fused-ring (bicyclic) bond motifs is 1. The van der Waals surface area contributed by atoms with Gasteiger partial charge in [0.15, 0.2) is 0 Å². The average molecular weight is 339 g/mol. The summed E-state index contributed by atoms with van der Waals surface area (Å²) in [7, 11) is 0. The number of pyridine rings is 1. The molecule has 2 aromatic heterocycles. The molecule has 1 aliphatic heterocycles. The maximum atomic E-state index is 13.5. The van der Waals surface area contributed by atoms with E-state index in [0.29, 0.717) is 6.54 Å². The van der Waals surface area contributed by atoms with Gasteiger partial charge in [0.05, 0.1) is 11.8 Å². The van der Waals surface area contributed by atoms with Gasteiger partial charge in [0.1, 0.15) is 11.5 Å². The van der Waals surface area contributed by atoms with E-state index in [9.17, 15) is 4.39 Å². The molecule has 1 atom stereocenters. The van der Waals surface area contributed by atoms with Gasteiger partial charge in [-0.25, -0.2) is 9.37 Å². The van der Waals surface area contributed by atoms with Crippen LogP contribution in [-0.2, 0) is 17.8 Å². The molecule has 130 valence electrons. The van der Waals surface area contributed by atoms with Crippen molar-refractivity contribution in [3.05, 3.63) is 71.9 Å². The van der Waals surface area contributed by atoms with E-state index in [4.69, 9.17) is 9.72 Å². The van der Waals surface area contributed by atoms with Gasteiger partial charge in [0.25, 0.3) is 0 Å². The number of hydrogen-bond acceptors (Lipinski definition) is 3. The first kappa shape index (κ1) is 16.2. The van der Waals surface area contributed by atoms with Crippen molar-refractivity contribution < 1.29 is 9.13 Å². The van der Waals surface area contributed by atoms with Crippen LogP contribution in [0.4, 0.5) is 4.39 Å². The standard InChI is InChI=1S/C20H22FN3O/c21-17-6-3-5-16(11-17)12-23(15-19-7-4-10-25-19)13-18-14-24-9-2-1-8-20(24)22-18/h1-3,5-6,8-9,11,14,19H,4,7,10,12-13,15H2. The van der Waals surface area contributed by atoms with Crippen LogP contribution in [0.15, 0.2) is 54.9 Å². The van der Waals surface area contributed by atoms with E-state index in [2.05, 4.69) is 11.1 Å². The number of ether oxygens (including phenoxy) is 1. The zero-order valence-electron chi connectivity index (χ0n) is 14.1. The zero-order valence-corrected chi connectivity index (χ0v) is 14.1. The van der Waals surface area contributed by atoms with Crippen molar-refractivity contribution in [2.24, 2.45) is 0 Å². The SMILES string of the molecule is Fc1cccc(CN(Cc2cn3ccccc3n2)CC2CCCO2)c1. The molecule has 4 rings (SSSR count). The quantitative estimate of drug-likeness (QED) is 0.686. The molecule has 1 aliphatic rings. The second kappa shape index (κ2) is 7.33. The molecule has 0 amide bonds. The smallest absolute Gasteiger partial charge is 0.137 e. The van der Waals surface area contributed by atoms with Crippen LogP contribution in [0.1, 0.15) is 24.1 Å². The van der Waals surface area contributed by atoms with Crippen molar-refractivity contribution in [2.75, 3.05) is 13.2 Å². The number of hydrogen-bond donors (Lipinski definition) is 0. The summed E-state index contributed by atoms with van der Waals surface area (Å²) >= 11 is 0. The Hall–Kier alpha value is -2.24. The average Bonchev–Trinajstić information content (AvgIpc) is 3.23. The Bertz CT molecular complexity index is 809. The molecule has 4 nitrogen and oxygen atoms in total. The van der Waals surface area contributed by atoms with Crippen LogP contribution in [0.3, 0.4) is 0 Å². The molecule has 0 saturated carbocycles. The van der Waals surface area contributed by atoms with Crippen molar-refractivity contribution in [3.8, 4) is 0 Å². The molecule has 1 saturated heterocycles. The van der Waals surface area contributed by atoms with Crippen molar-refractivity contribution >= 4 is 5.65 Å². The van der Waals surface area contributed by atoms with Crippen molar-refractivity contribution in [1.82, 2.24) is 14.3 Å². The topological polar surface area (TPSA) is 29.8 Å². The predicted octanol–water partition coefficient (Wildman–Crippen LogP) is 3.65. The second-order valence-electron chi connectivity index (χ2n) is 6.63. The highest BCUT2D eigenvalue weighted by Crippen LogP contribution is 2.18. The first-order valence-electron chi connectivity index (χ1n) is 8.77. The summed E-state index contributed by atoms with van der Waals surface area (Å²) in [5, 5.41) is 0. The summed E-state index contributed by atoms with van der Waals surface area (Å²) in [4.78, 5) is 6.99. The van der Waals surface area contributed by atoms with Gasteiger partial charge in [-0.1, -0.05) is 18.2 Å². The van der Waals surface area contributed by atoms with Crippen LogP contribution in [0, 0.1) is 5.82 Å². The third-order valence-corrected chi connectivity index (χ3v) is 4.58. The molecule has 1 fully saturated rings. The van der Waals surface area contributed by atoms with Gasteiger partial charge in [0.2, 0.25) is 0 Å². The van der Waals surface area contributed by atoms with E-state index in [-0.39, 0.29) is 11.9 Å². The number of benzene rings is 1. The van der Waals surface area contributed by atoms with E-state index in [1.165, 1.54) is 6.07 Å². The van der Waals surface area contributed by atoms with Gasteiger partial charge in [-0.05, 0) is 42.7 Å². The molecule has 3 aromatic rings. The number of nitrogens with zero attached hydrogens (tertiary/aromatic N) is 3. The minimum atomic E-state index is -0.192. The van der Waals surface area contributed by atoms with Crippen molar-refractivity contribution in [3.63, 3.8) is 0 Å². The van der Waals surface area contributed by atoms with Gasteiger partial charge >= 0.3 is 0 Å². The normalized spacial score (nSPS) is 17.6. The monoisotopic (exact) mass is 339 g/mol. The van der Waals surface area contributed by atoms with Crippen LogP contribution < -0.4 is 0 Å². The van der Waals surface area contributed by atoms with Gasteiger partial charge < -0.3 is 9.14 Å². The lowest BCUT2D eigenvalue weighted by Gasteiger charge is -2.24. The maximum Gasteiger partial charge on any atom is 0.137 e. The molecule has 25 heavy (non-hydrogen) atoms. The van der Waals surface area contributed by atoms with Gasteiger partial charge in [-0.15, -0.1) is 0 Å². The minimum Gasteiger partial charge on any atom is -0.377 e. The molecular weight excluding hydrogens is 317 g/mol. The van der Waals surface area contributed by atoms with Gasteiger partial charge in [0, 0.05) is 38.6 Å². The molecule has 0 aliphatic carbocycles. The highest BCUT2D eigenvalue weighted by molar-refractivity contribution is 5.39. The fourth-order valence-electron chi connectivity index (χ4n) is 3.45. The lowest BCUT2D eigenvalue weighted by atomic mass is 10.1. The molecule has 5 heteroatoms. The molecule has 0 radical (unpaired) electrons. The summed E-state index contributed by atoms with van der Waals surface area (Å²) in [6, 6.07) is 12.8. The molecule has 1 aromatic carbocycles. The third kappa shape index (κ3) is 4.06. The highest BCUT2D eigenvalue weighted by atomic mass is 19.1.